The van der Waals surface area contributed by atoms with Gasteiger partial charge in [0.25, 0.3) is 11.5 Å². The molecule has 11 nitrogen and oxygen atoms in total. The summed E-state index contributed by atoms with van der Waals surface area (Å²) in [5.41, 5.74) is 10.4. The molecule has 0 aliphatic carbocycles. The second kappa shape index (κ2) is 16.6. The Bertz CT molecular complexity index is 2350. The monoisotopic (exact) mass is 748 g/mol. The van der Waals surface area contributed by atoms with Crippen LogP contribution in [0, 0.1) is 5.92 Å². The number of nitrogens with two attached hydrogens (primary N) is 1. The van der Waals surface area contributed by atoms with E-state index in [0.717, 1.165) is 44.0 Å². The fourth-order valence-corrected chi connectivity index (χ4v) is 7.91. The van der Waals surface area contributed by atoms with Crippen LogP contribution in [0.25, 0.3) is 21.0 Å². The van der Waals surface area contributed by atoms with Crippen LogP contribution in [0.5, 0.6) is 11.5 Å². The predicted octanol–water partition coefficient (Wildman–Crippen LogP) is 7.09. The van der Waals surface area contributed by atoms with Crippen molar-refractivity contribution in [3.8, 4) is 11.5 Å². The van der Waals surface area contributed by atoms with Crippen molar-refractivity contribution in [2.75, 3.05) is 19.5 Å². The average molecular weight is 749 g/mol. The third-order valence-corrected chi connectivity index (χ3v) is 10.8. The van der Waals surface area contributed by atoms with Crippen molar-refractivity contribution in [3.05, 3.63) is 146 Å². The number of amides is 2. The zero-order valence-corrected chi connectivity index (χ0v) is 30.4. The van der Waals surface area contributed by atoms with E-state index in [9.17, 15) is 19.2 Å². The van der Waals surface area contributed by atoms with Gasteiger partial charge in [-0.1, -0.05) is 42.5 Å². The van der Waals surface area contributed by atoms with Gasteiger partial charge in [0.2, 0.25) is 5.91 Å². The maximum Gasteiger partial charge on any atom is 0.335 e. The summed E-state index contributed by atoms with van der Waals surface area (Å²) in [6.07, 6.45) is 1.93. The van der Waals surface area contributed by atoms with Crippen molar-refractivity contribution < 1.29 is 29.0 Å². The lowest BCUT2D eigenvalue weighted by atomic mass is 9.92. The summed E-state index contributed by atoms with van der Waals surface area (Å²) in [6.45, 7) is 1.01. The highest BCUT2D eigenvalue weighted by atomic mass is 32.2. The van der Waals surface area contributed by atoms with Gasteiger partial charge in [-0.05, 0) is 82.1 Å². The molecular formula is C40H36N4O7S2. The molecular weight excluding hydrogens is 713 g/mol. The van der Waals surface area contributed by atoms with E-state index < -0.39 is 5.97 Å². The summed E-state index contributed by atoms with van der Waals surface area (Å²) in [6, 6.07) is 27.3. The number of benzene rings is 4. The lowest BCUT2D eigenvalue weighted by Crippen LogP contribution is -2.30. The first-order chi connectivity index (χ1) is 25.7. The molecule has 0 spiro atoms. The third kappa shape index (κ3) is 8.44. The van der Waals surface area contributed by atoms with Gasteiger partial charge in [0, 0.05) is 34.4 Å². The zero-order chi connectivity index (χ0) is 37.5. The van der Waals surface area contributed by atoms with Crippen LogP contribution >= 0.6 is 23.1 Å². The molecule has 13 heteroatoms. The Hall–Kier alpha value is -5.89. The van der Waals surface area contributed by atoms with E-state index in [-0.39, 0.29) is 34.1 Å². The van der Waals surface area contributed by atoms with Crippen molar-refractivity contribution >= 4 is 67.6 Å². The molecule has 4 heterocycles. The number of hydrogen-bond acceptors (Lipinski definition) is 9. The van der Waals surface area contributed by atoms with Crippen LogP contribution in [-0.2, 0) is 17.9 Å². The van der Waals surface area contributed by atoms with Crippen LogP contribution in [-0.4, -0.2) is 42.1 Å². The standard InChI is InChI=1S/C20H18N2O3S.C12H7NO3S.C8H11NO/c1-25-14-5-2-12(3-6-14)11-21-19(23)13-4-7-15-17(10-13)22-20(24)16-8-9-26-18(15)16;14-11-8-3-4-17-10(8)7-2-1-6(12(15)16)5-9(7)13-11;1-10-8-4-2-7(6-9)3-5-8/h2-10,16,18H,11H2,1H3,(H,21,23)(H,22,24);1-5H,(H,13,14)(H,15,16);2-5H,6,9H2,1H3. The number of H-pyrrole nitrogens is 1. The summed E-state index contributed by atoms with van der Waals surface area (Å²) in [5, 5.41) is 20.2. The number of aromatic carboxylic acids is 1. The van der Waals surface area contributed by atoms with E-state index in [0.29, 0.717) is 29.6 Å². The molecule has 53 heavy (non-hydrogen) atoms. The number of rotatable bonds is 7. The number of pyridine rings is 1. The van der Waals surface area contributed by atoms with Crippen molar-refractivity contribution in [1.29, 1.82) is 0 Å². The number of aromatic amines is 1. The van der Waals surface area contributed by atoms with Crippen LogP contribution in [0.3, 0.4) is 0 Å². The number of carboxylic acids is 1. The molecule has 2 atom stereocenters. The number of methoxy groups -OCH3 is 2. The number of fused-ring (bicyclic) bond motifs is 6. The second-order valence-corrected chi connectivity index (χ2v) is 13.9. The average Bonchev–Trinajstić information content (AvgIpc) is 3.90. The van der Waals surface area contributed by atoms with E-state index in [2.05, 4.69) is 15.6 Å². The molecule has 2 amide bonds. The molecule has 2 aliphatic heterocycles. The van der Waals surface area contributed by atoms with Gasteiger partial charge in [-0.15, -0.1) is 23.1 Å². The van der Waals surface area contributed by atoms with Crippen LogP contribution in [0.1, 0.15) is 42.7 Å². The van der Waals surface area contributed by atoms with Gasteiger partial charge in [-0.25, -0.2) is 4.79 Å². The van der Waals surface area contributed by atoms with Crippen molar-refractivity contribution in [3.63, 3.8) is 0 Å². The number of anilines is 1. The molecule has 2 aliphatic rings. The van der Waals surface area contributed by atoms with Crippen molar-refractivity contribution in [1.82, 2.24) is 10.3 Å². The minimum Gasteiger partial charge on any atom is -0.497 e. The first kappa shape index (κ1) is 36.9. The van der Waals surface area contributed by atoms with Gasteiger partial charge in [0.05, 0.1) is 41.9 Å². The number of nitrogens with one attached hydrogen (secondary N) is 3. The van der Waals surface area contributed by atoms with E-state index in [1.54, 1.807) is 50.2 Å². The Kier molecular flexibility index (Phi) is 11.6. The van der Waals surface area contributed by atoms with Crippen LogP contribution in [0.2, 0.25) is 0 Å². The van der Waals surface area contributed by atoms with Crippen LogP contribution in [0.4, 0.5) is 5.69 Å². The van der Waals surface area contributed by atoms with Gasteiger partial charge in [0.15, 0.2) is 0 Å². The number of carbonyl (C=O) groups excluding carboxylic acids is 2. The number of ether oxygens (including phenoxy) is 2. The minimum absolute atomic E-state index is 0.0143. The van der Waals surface area contributed by atoms with E-state index in [1.165, 1.54) is 17.4 Å². The van der Waals surface area contributed by atoms with Crippen LogP contribution < -0.4 is 31.4 Å². The smallest absolute Gasteiger partial charge is 0.335 e. The Balaban J connectivity index is 0.000000152. The van der Waals surface area contributed by atoms with Gasteiger partial charge in [0.1, 0.15) is 11.5 Å². The summed E-state index contributed by atoms with van der Waals surface area (Å²) < 4.78 is 11.0. The zero-order valence-electron chi connectivity index (χ0n) is 28.8. The summed E-state index contributed by atoms with van der Waals surface area (Å²) in [4.78, 5) is 50.0. The highest BCUT2D eigenvalue weighted by Gasteiger charge is 2.37. The van der Waals surface area contributed by atoms with Crippen molar-refractivity contribution in [2.45, 2.75) is 18.3 Å². The first-order valence-electron chi connectivity index (χ1n) is 16.5. The molecule has 6 N–H and O–H groups in total. The van der Waals surface area contributed by atoms with E-state index in [4.69, 9.17) is 20.3 Å². The molecule has 270 valence electrons. The molecule has 6 aromatic rings. The maximum atomic E-state index is 12.5. The molecule has 2 aromatic heterocycles. The molecule has 0 saturated heterocycles. The minimum atomic E-state index is -1.00. The topological polar surface area (TPSA) is 173 Å². The van der Waals surface area contributed by atoms with E-state index in [1.807, 2.05) is 77.5 Å². The lowest BCUT2D eigenvalue weighted by Gasteiger charge is -2.27. The number of carbonyl (C=O) groups is 3. The molecule has 4 aromatic carbocycles. The fourth-order valence-electron chi connectivity index (χ4n) is 5.82. The quantitative estimate of drug-likeness (QED) is 0.114. The fraction of sp³-hybridized carbons (Fsp3) is 0.150. The second-order valence-electron chi connectivity index (χ2n) is 12.0. The van der Waals surface area contributed by atoms with Gasteiger partial charge >= 0.3 is 5.97 Å². The van der Waals surface area contributed by atoms with Crippen molar-refractivity contribution in [2.24, 2.45) is 11.7 Å². The number of hydrogen-bond donors (Lipinski definition) is 5. The number of thiophene rings is 1. The van der Waals surface area contributed by atoms with Crippen LogP contribution in [0.15, 0.2) is 113 Å². The first-order valence-corrected chi connectivity index (χ1v) is 18.3. The van der Waals surface area contributed by atoms with Gasteiger partial charge < -0.3 is 35.9 Å². The highest BCUT2D eigenvalue weighted by molar-refractivity contribution is 8.02. The maximum absolute atomic E-state index is 12.5. The van der Waals surface area contributed by atoms with Gasteiger partial charge in [-0.3, -0.25) is 14.4 Å². The lowest BCUT2D eigenvalue weighted by molar-refractivity contribution is -0.118. The Morgan fingerprint density at radius 2 is 1.53 bits per heavy atom. The predicted molar refractivity (Wildman–Crippen MR) is 210 cm³/mol. The molecule has 0 fully saturated rings. The van der Waals surface area contributed by atoms with E-state index >= 15 is 0 Å². The Morgan fingerprint density at radius 3 is 2.19 bits per heavy atom. The molecule has 2 unspecified atom stereocenters. The normalized spacial score (nSPS) is 15.2. The Morgan fingerprint density at radius 1 is 0.849 bits per heavy atom. The SMILES string of the molecule is COc1ccc(CN)cc1.COc1ccc(CNC(=O)c2ccc3c(c2)NC(=O)C2C=CSC32)cc1.O=C(O)c1ccc2c(c1)[nH]c(=O)c1ccsc12. The summed E-state index contributed by atoms with van der Waals surface area (Å²) in [7, 11) is 3.27. The van der Waals surface area contributed by atoms with Gasteiger partial charge in [-0.2, -0.15) is 0 Å². The summed E-state index contributed by atoms with van der Waals surface area (Å²) in [5.74, 6) is 0.346. The third-order valence-electron chi connectivity index (χ3n) is 8.70. The number of aromatic nitrogens is 1. The highest BCUT2D eigenvalue weighted by Crippen LogP contribution is 2.48. The number of carboxylic acid groups (broad SMARTS) is 1. The molecule has 0 saturated carbocycles. The Labute approximate surface area is 312 Å². The number of thioether (sulfide) groups is 1. The summed E-state index contributed by atoms with van der Waals surface area (Å²) >= 11 is 3.12. The molecule has 0 radical (unpaired) electrons. The largest absolute Gasteiger partial charge is 0.497 e. The molecule has 8 rings (SSSR count). The molecule has 0 bridgehead atoms.